The second kappa shape index (κ2) is 5.27. The van der Waals surface area contributed by atoms with Gasteiger partial charge in [-0.2, -0.15) is 13.2 Å². The van der Waals surface area contributed by atoms with Crippen molar-refractivity contribution < 1.29 is 17.6 Å². The van der Waals surface area contributed by atoms with Gasteiger partial charge in [0.05, 0.1) is 5.56 Å². The summed E-state index contributed by atoms with van der Waals surface area (Å²) in [4.78, 5) is 11.4. The highest BCUT2D eigenvalue weighted by molar-refractivity contribution is 5.57. The van der Waals surface area contributed by atoms with Crippen molar-refractivity contribution in [3.05, 3.63) is 42.6 Å². The van der Waals surface area contributed by atoms with Gasteiger partial charge >= 0.3 is 6.43 Å². The summed E-state index contributed by atoms with van der Waals surface area (Å²) in [6.07, 6.45) is 1.09. The molecule has 0 fully saturated rings. The Morgan fingerprint density at radius 2 is 1.76 bits per heavy atom. The standard InChI is InChI=1S/C12H6F3N5O/c13-8-3-6(1-2-16-8)10-17-4-7(5-18-10)11-19-20-12(21-11)9(14)15/h1-5,9H. The Morgan fingerprint density at radius 1 is 1.00 bits per heavy atom. The van der Waals surface area contributed by atoms with Gasteiger partial charge in [0.15, 0.2) is 5.82 Å². The van der Waals surface area contributed by atoms with Crippen molar-refractivity contribution in [3.63, 3.8) is 0 Å². The lowest BCUT2D eigenvalue weighted by atomic mass is 10.2. The zero-order valence-electron chi connectivity index (χ0n) is 10.2. The number of hydrogen-bond donors (Lipinski definition) is 0. The van der Waals surface area contributed by atoms with E-state index < -0.39 is 18.3 Å². The topological polar surface area (TPSA) is 77.6 Å². The molecular formula is C12H6F3N5O. The van der Waals surface area contributed by atoms with Gasteiger partial charge < -0.3 is 4.42 Å². The second-order valence-electron chi connectivity index (χ2n) is 3.91. The number of aromatic nitrogens is 5. The van der Waals surface area contributed by atoms with Crippen molar-refractivity contribution in [1.82, 2.24) is 25.1 Å². The summed E-state index contributed by atoms with van der Waals surface area (Å²) in [5.41, 5.74) is 0.723. The van der Waals surface area contributed by atoms with Crippen LogP contribution < -0.4 is 0 Å². The maximum absolute atomic E-state index is 13.0. The summed E-state index contributed by atoms with van der Waals surface area (Å²) in [5.74, 6) is -1.28. The van der Waals surface area contributed by atoms with Crippen LogP contribution in [0.1, 0.15) is 12.3 Å². The summed E-state index contributed by atoms with van der Waals surface area (Å²) in [6, 6.07) is 2.72. The monoisotopic (exact) mass is 293 g/mol. The van der Waals surface area contributed by atoms with E-state index in [1.54, 1.807) is 6.07 Å². The van der Waals surface area contributed by atoms with E-state index in [9.17, 15) is 13.2 Å². The molecule has 0 unspecified atom stereocenters. The van der Waals surface area contributed by atoms with E-state index in [1.165, 1.54) is 24.7 Å². The quantitative estimate of drug-likeness (QED) is 0.691. The zero-order valence-corrected chi connectivity index (χ0v) is 10.2. The molecule has 0 aliphatic carbocycles. The first-order valence-corrected chi connectivity index (χ1v) is 5.69. The first-order chi connectivity index (χ1) is 10.1. The summed E-state index contributed by atoms with van der Waals surface area (Å²) < 4.78 is 42.5. The lowest BCUT2D eigenvalue weighted by molar-refractivity contribution is 0.116. The highest BCUT2D eigenvalue weighted by Gasteiger charge is 2.17. The van der Waals surface area contributed by atoms with Gasteiger partial charge in [0.1, 0.15) is 0 Å². The Bertz CT molecular complexity index is 760. The fraction of sp³-hybridized carbons (Fsp3) is 0.0833. The maximum Gasteiger partial charge on any atom is 0.314 e. The van der Waals surface area contributed by atoms with Crippen LogP contribution in [-0.4, -0.2) is 25.1 Å². The van der Waals surface area contributed by atoms with E-state index in [0.29, 0.717) is 5.56 Å². The predicted octanol–water partition coefficient (Wildman–Crippen LogP) is 2.67. The second-order valence-corrected chi connectivity index (χ2v) is 3.91. The first-order valence-electron chi connectivity index (χ1n) is 5.69. The average molecular weight is 293 g/mol. The molecule has 0 saturated heterocycles. The van der Waals surface area contributed by atoms with Crippen LogP contribution in [0, 0.1) is 5.95 Å². The van der Waals surface area contributed by atoms with Gasteiger partial charge in [-0.15, -0.1) is 10.2 Å². The largest absolute Gasteiger partial charge is 0.415 e. The molecule has 6 nitrogen and oxygen atoms in total. The number of hydrogen-bond acceptors (Lipinski definition) is 6. The third-order valence-corrected chi connectivity index (χ3v) is 2.51. The summed E-state index contributed by atoms with van der Waals surface area (Å²) in [5, 5.41) is 6.68. The van der Waals surface area contributed by atoms with Crippen LogP contribution >= 0.6 is 0 Å². The minimum atomic E-state index is -2.84. The van der Waals surface area contributed by atoms with E-state index in [4.69, 9.17) is 4.42 Å². The molecule has 0 bridgehead atoms. The highest BCUT2D eigenvalue weighted by Crippen LogP contribution is 2.23. The van der Waals surface area contributed by atoms with Crippen molar-refractivity contribution in [2.45, 2.75) is 6.43 Å². The minimum Gasteiger partial charge on any atom is -0.415 e. The molecule has 21 heavy (non-hydrogen) atoms. The number of rotatable bonds is 3. The molecule has 0 N–H and O–H groups in total. The minimum absolute atomic E-state index is 0.113. The molecule has 106 valence electrons. The summed E-state index contributed by atoms with van der Waals surface area (Å²) >= 11 is 0. The van der Waals surface area contributed by atoms with Crippen molar-refractivity contribution in [3.8, 4) is 22.8 Å². The predicted molar refractivity (Wildman–Crippen MR) is 63.5 cm³/mol. The number of alkyl halides is 2. The Labute approximate surface area is 115 Å². The molecule has 3 aromatic heterocycles. The molecule has 0 aliphatic rings. The van der Waals surface area contributed by atoms with Crippen LogP contribution in [-0.2, 0) is 0 Å². The van der Waals surface area contributed by atoms with Crippen LogP contribution in [0.2, 0.25) is 0 Å². The Hall–Kier alpha value is -2.84. The zero-order chi connectivity index (χ0) is 14.8. The Morgan fingerprint density at radius 3 is 2.38 bits per heavy atom. The molecule has 3 aromatic rings. The normalized spacial score (nSPS) is 11.0. The van der Waals surface area contributed by atoms with Gasteiger partial charge in [0.25, 0.3) is 11.8 Å². The van der Waals surface area contributed by atoms with Gasteiger partial charge in [0.2, 0.25) is 5.95 Å². The molecule has 0 atom stereocenters. The molecule has 3 rings (SSSR count). The van der Waals surface area contributed by atoms with Crippen LogP contribution in [0.25, 0.3) is 22.8 Å². The first kappa shape index (κ1) is 13.2. The molecule has 9 heteroatoms. The van der Waals surface area contributed by atoms with Crippen LogP contribution in [0.3, 0.4) is 0 Å². The fourth-order valence-electron chi connectivity index (χ4n) is 1.57. The van der Waals surface area contributed by atoms with Gasteiger partial charge in [0, 0.05) is 30.2 Å². The van der Waals surface area contributed by atoms with Gasteiger partial charge in [-0.05, 0) is 6.07 Å². The molecule has 0 amide bonds. The van der Waals surface area contributed by atoms with E-state index >= 15 is 0 Å². The van der Waals surface area contributed by atoms with E-state index in [0.717, 1.165) is 0 Å². The van der Waals surface area contributed by atoms with E-state index in [1.807, 2.05) is 0 Å². The summed E-state index contributed by atoms with van der Waals surface area (Å²) in [6.45, 7) is 0. The SMILES string of the molecule is Fc1cc(-c2ncc(-c3nnc(C(F)F)o3)cn2)ccn1. The van der Waals surface area contributed by atoms with Crippen molar-refractivity contribution in [2.75, 3.05) is 0 Å². The number of halogens is 3. The lowest BCUT2D eigenvalue weighted by Gasteiger charge is -2.00. The Balaban J connectivity index is 1.90. The molecular weight excluding hydrogens is 287 g/mol. The van der Waals surface area contributed by atoms with E-state index in [2.05, 4.69) is 25.1 Å². The molecule has 0 aliphatic heterocycles. The number of pyridine rings is 1. The molecule has 0 spiro atoms. The van der Waals surface area contributed by atoms with E-state index in [-0.39, 0.29) is 17.3 Å². The average Bonchev–Trinajstić information content (AvgIpc) is 2.97. The third kappa shape index (κ3) is 2.71. The van der Waals surface area contributed by atoms with Crippen molar-refractivity contribution >= 4 is 0 Å². The van der Waals surface area contributed by atoms with Gasteiger partial charge in [-0.25, -0.2) is 15.0 Å². The van der Waals surface area contributed by atoms with Crippen LogP contribution in [0.5, 0.6) is 0 Å². The van der Waals surface area contributed by atoms with Crippen LogP contribution in [0.4, 0.5) is 13.2 Å². The molecule has 0 saturated carbocycles. The Kier molecular flexibility index (Phi) is 3.30. The molecule has 3 heterocycles. The van der Waals surface area contributed by atoms with Crippen molar-refractivity contribution in [1.29, 1.82) is 0 Å². The smallest absolute Gasteiger partial charge is 0.314 e. The highest BCUT2D eigenvalue weighted by atomic mass is 19.3. The molecule has 0 radical (unpaired) electrons. The lowest BCUT2D eigenvalue weighted by Crippen LogP contribution is -1.91. The van der Waals surface area contributed by atoms with Gasteiger partial charge in [-0.1, -0.05) is 0 Å². The van der Waals surface area contributed by atoms with Crippen LogP contribution in [0.15, 0.2) is 35.1 Å². The maximum atomic E-state index is 13.0. The fourth-order valence-corrected chi connectivity index (χ4v) is 1.57. The summed E-state index contributed by atoms with van der Waals surface area (Å²) in [7, 11) is 0. The molecule has 0 aromatic carbocycles. The van der Waals surface area contributed by atoms with Gasteiger partial charge in [-0.3, -0.25) is 0 Å². The third-order valence-electron chi connectivity index (χ3n) is 2.51. The van der Waals surface area contributed by atoms with Crippen molar-refractivity contribution in [2.24, 2.45) is 0 Å². The number of nitrogens with zero attached hydrogens (tertiary/aromatic N) is 5.